The highest BCUT2D eigenvalue weighted by Gasteiger charge is 2.19. The van der Waals surface area contributed by atoms with Gasteiger partial charge in [-0.2, -0.15) is 0 Å². The van der Waals surface area contributed by atoms with Crippen LogP contribution in [0.25, 0.3) is 0 Å². The predicted molar refractivity (Wildman–Crippen MR) is 60.3 cm³/mol. The van der Waals surface area contributed by atoms with E-state index in [-0.39, 0.29) is 6.10 Å². The second-order valence-electron chi connectivity index (χ2n) is 4.66. The van der Waals surface area contributed by atoms with E-state index in [9.17, 15) is 5.11 Å². The van der Waals surface area contributed by atoms with E-state index in [0.717, 1.165) is 18.9 Å². The van der Waals surface area contributed by atoms with E-state index in [1.165, 1.54) is 32.1 Å². The summed E-state index contributed by atoms with van der Waals surface area (Å²) in [5.41, 5.74) is 0. The van der Waals surface area contributed by atoms with Crippen molar-refractivity contribution in [2.24, 2.45) is 5.92 Å². The second kappa shape index (κ2) is 6.41. The molecule has 1 saturated carbocycles. The van der Waals surface area contributed by atoms with Gasteiger partial charge < -0.3 is 10.4 Å². The quantitative estimate of drug-likeness (QED) is 0.712. The molecule has 0 amide bonds. The Bertz CT molecular complexity index is 143. The van der Waals surface area contributed by atoms with Crippen LogP contribution >= 0.6 is 0 Å². The Morgan fingerprint density at radius 1 is 1.29 bits per heavy atom. The first kappa shape index (κ1) is 12.0. The SMILES string of the molecule is CCC(O)CNC(C)C1CCCCC1. The molecule has 2 N–H and O–H groups in total. The molecule has 1 rings (SSSR count). The summed E-state index contributed by atoms with van der Waals surface area (Å²) in [6.45, 7) is 5.05. The Labute approximate surface area is 88.1 Å². The summed E-state index contributed by atoms with van der Waals surface area (Å²) >= 11 is 0. The molecule has 0 bridgehead atoms. The summed E-state index contributed by atoms with van der Waals surface area (Å²) in [6, 6.07) is 0.580. The van der Waals surface area contributed by atoms with E-state index in [0.29, 0.717) is 6.04 Å². The minimum Gasteiger partial charge on any atom is -0.392 e. The van der Waals surface area contributed by atoms with Gasteiger partial charge in [0, 0.05) is 12.6 Å². The lowest BCUT2D eigenvalue weighted by atomic mass is 9.84. The maximum Gasteiger partial charge on any atom is 0.0662 e. The van der Waals surface area contributed by atoms with Crippen LogP contribution in [0.2, 0.25) is 0 Å². The van der Waals surface area contributed by atoms with Gasteiger partial charge in [-0.05, 0) is 32.1 Å². The van der Waals surface area contributed by atoms with Crippen LogP contribution in [0.4, 0.5) is 0 Å². The normalized spacial score (nSPS) is 23.4. The molecule has 84 valence electrons. The van der Waals surface area contributed by atoms with Crippen molar-refractivity contribution >= 4 is 0 Å². The minimum absolute atomic E-state index is 0.166. The Kier molecular flexibility index (Phi) is 5.49. The van der Waals surface area contributed by atoms with Crippen molar-refractivity contribution in [3.63, 3.8) is 0 Å². The molecule has 1 aliphatic carbocycles. The van der Waals surface area contributed by atoms with Crippen molar-refractivity contribution in [2.75, 3.05) is 6.54 Å². The number of nitrogens with one attached hydrogen (secondary N) is 1. The van der Waals surface area contributed by atoms with Crippen LogP contribution in [0, 0.1) is 5.92 Å². The van der Waals surface area contributed by atoms with E-state index < -0.39 is 0 Å². The summed E-state index contributed by atoms with van der Waals surface area (Å²) in [7, 11) is 0. The van der Waals surface area contributed by atoms with Crippen molar-refractivity contribution < 1.29 is 5.11 Å². The smallest absolute Gasteiger partial charge is 0.0662 e. The Balaban J connectivity index is 2.16. The molecule has 0 heterocycles. The van der Waals surface area contributed by atoms with Crippen molar-refractivity contribution in [1.82, 2.24) is 5.32 Å². The molecule has 0 aliphatic heterocycles. The molecule has 0 saturated heterocycles. The van der Waals surface area contributed by atoms with Gasteiger partial charge in [-0.3, -0.25) is 0 Å². The molecule has 1 aliphatic rings. The van der Waals surface area contributed by atoms with Crippen LogP contribution in [-0.2, 0) is 0 Å². The van der Waals surface area contributed by atoms with Gasteiger partial charge in [0.05, 0.1) is 6.10 Å². The molecule has 14 heavy (non-hydrogen) atoms. The first-order chi connectivity index (χ1) is 6.74. The van der Waals surface area contributed by atoms with E-state index in [4.69, 9.17) is 0 Å². The third-order valence-electron chi connectivity index (χ3n) is 3.50. The van der Waals surface area contributed by atoms with Crippen molar-refractivity contribution in [3.8, 4) is 0 Å². The van der Waals surface area contributed by atoms with E-state index in [2.05, 4.69) is 12.2 Å². The number of rotatable bonds is 5. The number of aliphatic hydroxyl groups is 1. The topological polar surface area (TPSA) is 32.3 Å². The fraction of sp³-hybridized carbons (Fsp3) is 1.00. The lowest BCUT2D eigenvalue weighted by Crippen LogP contribution is -2.39. The summed E-state index contributed by atoms with van der Waals surface area (Å²) in [5, 5.41) is 12.9. The Morgan fingerprint density at radius 2 is 1.93 bits per heavy atom. The molecule has 1 fully saturated rings. The molecule has 2 unspecified atom stereocenters. The van der Waals surface area contributed by atoms with Crippen molar-refractivity contribution in [1.29, 1.82) is 0 Å². The zero-order chi connectivity index (χ0) is 10.4. The van der Waals surface area contributed by atoms with Crippen LogP contribution < -0.4 is 5.32 Å². The number of aliphatic hydroxyl groups excluding tert-OH is 1. The molecule has 2 atom stereocenters. The van der Waals surface area contributed by atoms with Crippen LogP contribution in [0.3, 0.4) is 0 Å². The van der Waals surface area contributed by atoms with Crippen molar-refractivity contribution in [3.05, 3.63) is 0 Å². The first-order valence-electron chi connectivity index (χ1n) is 6.15. The summed E-state index contributed by atoms with van der Waals surface area (Å²) in [6.07, 6.45) is 7.64. The third kappa shape index (κ3) is 3.97. The Hall–Kier alpha value is -0.0800. The standard InChI is InChI=1S/C12H25NO/c1-3-12(14)9-13-10(2)11-7-5-4-6-8-11/h10-14H,3-9H2,1-2H3. The molecule has 0 aromatic rings. The average molecular weight is 199 g/mol. The molecule has 2 nitrogen and oxygen atoms in total. The molecular formula is C12H25NO. The first-order valence-corrected chi connectivity index (χ1v) is 6.15. The highest BCUT2D eigenvalue weighted by Crippen LogP contribution is 2.26. The van der Waals surface area contributed by atoms with Gasteiger partial charge in [-0.25, -0.2) is 0 Å². The van der Waals surface area contributed by atoms with Crippen molar-refractivity contribution in [2.45, 2.75) is 64.5 Å². The van der Waals surface area contributed by atoms with E-state index >= 15 is 0 Å². The minimum atomic E-state index is -0.166. The molecular weight excluding hydrogens is 174 g/mol. The summed E-state index contributed by atoms with van der Waals surface area (Å²) in [5.74, 6) is 0.841. The van der Waals surface area contributed by atoms with E-state index in [1.54, 1.807) is 0 Å². The number of hydrogen-bond acceptors (Lipinski definition) is 2. The molecule has 0 aromatic carbocycles. The lowest BCUT2D eigenvalue weighted by Gasteiger charge is -2.29. The largest absolute Gasteiger partial charge is 0.392 e. The van der Waals surface area contributed by atoms with Crippen LogP contribution in [0.5, 0.6) is 0 Å². The van der Waals surface area contributed by atoms with Gasteiger partial charge in [0.15, 0.2) is 0 Å². The maximum atomic E-state index is 9.44. The van der Waals surface area contributed by atoms with Crippen LogP contribution in [0.15, 0.2) is 0 Å². The average Bonchev–Trinajstić information content (AvgIpc) is 2.26. The highest BCUT2D eigenvalue weighted by atomic mass is 16.3. The van der Waals surface area contributed by atoms with Gasteiger partial charge in [0.2, 0.25) is 0 Å². The molecule has 0 radical (unpaired) electrons. The van der Waals surface area contributed by atoms with Gasteiger partial charge in [0.1, 0.15) is 0 Å². The molecule has 2 heteroatoms. The molecule has 0 aromatic heterocycles. The summed E-state index contributed by atoms with van der Waals surface area (Å²) < 4.78 is 0. The fourth-order valence-corrected chi connectivity index (χ4v) is 2.27. The zero-order valence-electron chi connectivity index (χ0n) is 9.63. The van der Waals surface area contributed by atoms with Crippen LogP contribution in [0.1, 0.15) is 52.4 Å². The predicted octanol–water partition coefficient (Wildman–Crippen LogP) is 2.32. The highest BCUT2D eigenvalue weighted by molar-refractivity contribution is 4.76. The van der Waals surface area contributed by atoms with Gasteiger partial charge in [-0.15, -0.1) is 0 Å². The lowest BCUT2D eigenvalue weighted by molar-refractivity contribution is 0.155. The zero-order valence-corrected chi connectivity index (χ0v) is 9.63. The maximum absolute atomic E-state index is 9.44. The third-order valence-corrected chi connectivity index (χ3v) is 3.50. The van der Waals surface area contributed by atoms with Gasteiger partial charge >= 0.3 is 0 Å². The Morgan fingerprint density at radius 3 is 2.50 bits per heavy atom. The second-order valence-corrected chi connectivity index (χ2v) is 4.66. The van der Waals surface area contributed by atoms with Gasteiger partial charge in [0.25, 0.3) is 0 Å². The number of hydrogen-bond donors (Lipinski definition) is 2. The van der Waals surface area contributed by atoms with Crippen LogP contribution in [-0.4, -0.2) is 23.8 Å². The van der Waals surface area contributed by atoms with Gasteiger partial charge in [-0.1, -0.05) is 26.2 Å². The fourth-order valence-electron chi connectivity index (χ4n) is 2.27. The monoisotopic (exact) mass is 199 g/mol. The molecule has 0 spiro atoms. The van der Waals surface area contributed by atoms with E-state index in [1.807, 2.05) is 6.92 Å². The summed E-state index contributed by atoms with van der Waals surface area (Å²) in [4.78, 5) is 0.